The van der Waals surface area contributed by atoms with Gasteiger partial charge in [-0.25, -0.2) is 4.79 Å². The first-order chi connectivity index (χ1) is 13.6. The van der Waals surface area contributed by atoms with Crippen molar-refractivity contribution in [2.24, 2.45) is 4.99 Å². The third-order valence-corrected chi connectivity index (χ3v) is 4.44. The van der Waals surface area contributed by atoms with Gasteiger partial charge in [0, 0.05) is 39.3 Å². The van der Waals surface area contributed by atoms with E-state index in [1.54, 1.807) is 16.7 Å². The molecule has 0 aromatic carbocycles. The van der Waals surface area contributed by atoms with Gasteiger partial charge in [-0.3, -0.25) is 34.1 Å². The first-order valence-electron chi connectivity index (χ1n) is 9.23. The number of nitrogens with zero attached hydrogens (tertiary/aromatic N) is 4. The fraction of sp³-hybridized carbons (Fsp3) is 0.706. The highest BCUT2D eigenvalue weighted by atomic mass is 16.4. The van der Waals surface area contributed by atoms with Crippen LogP contribution < -0.4 is 0 Å². The van der Waals surface area contributed by atoms with Crippen molar-refractivity contribution in [3.05, 3.63) is 0 Å². The lowest BCUT2D eigenvalue weighted by Gasteiger charge is -2.30. The summed E-state index contributed by atoms with van der Waals surface area (Å²) in [6.07, 6.45) is 0.463. The van der Waals surface area contributed by atoms with Crippen molar-refractivity contribution in [1.29, 1.82) is 0 Å². The van der Waals surface area contributed by atoms with E-state index in [-0.39, 0.29) is 58.1 Å². The van der Waals surface area contributed by atoms with Gasteiger partial charge in [-0.2, -0.15) is 0 Å². The molecular formula is C17H28N4O8. The summed E-state index contributed by atoms with van der Waals surface area (Å²) in [7, 11) is 0. The number of aliphatic carboxylic acids is 4. The topological polar surface area (TPSA) is 171 Å². The Morgan fingerprint density at radius 1 is 0.828 bits per heavy atom. The van der Waals surface area contributed by atoms with Crippen molar-refractivity contribution in [3.63, 3.8) is 0 Å². The largest absolute Gasteiger partial charge is 0.480 e. The normalized spacial score (nSPS) is 20.9. The molecule has 0 radical (unpaired) electrons. The lowest BCUT2D eigenvalue weighted by atomic mass is 10.2. The predicted octanol–water partition coefficient (Wildman–Crippen LogP) is -1.54. The van der Waals surface area contributed by atoms with E-state index in [1.165, 1.54) is 4.90 Å². The van der Waals surface area contributed by atoms with Gasteiger partial charge in [-0.05, 0) is 6.42 Å². The molecule has 0 aliphatic carbocycles. The Hall–Kier alpha value is -2.57. The smallest absolute Gasteiger partial charge is 0.351 e. The minimum Gasteiger partial charge on any atom is -0.480 e. The van der Waals surface area contributed by atoms with Crippen LogP contribution in [0.4, 0.5) is 0 Å². The first kappa shape index (κ1) is 24.5. The van der Waals surface area contributed by atoms with E-state index in [0.29, 0.717) is 6.42 Å². The highest BCUT2D eigenvalue weighted by molar-refractivity contribution is 6.36. The summed E-state index contributed by atoms with van der Waals surface area (Å²) < 4.78 is 0. The Balaban J connectivity index is 3.19. The van der Waals surface area contributed by atoms with E-state index in [1.807, 2.05) is 0 Å². The summed E-state index contributed by atoms with van der Waals surface area (Å²) in [6, 6.07) is -0.487. The van der Waals surface area contributed by atoms with Gasteiger partial charge >= 0.3 is 23.9 Å². The van der Waals surface area contributed by atoms with Crippen molar-refractivity contribution in [2.75, 3.05) is 58.9 Å². The second kappa shape index (κ2) is 12.1. The van der Waals surface area contributed by atoms with Gasteiger partial charge in [-0.1, -0.05) is 6.92 Å². The number of rotatable bonds is 8. The predicted molar refractivity (Wildman–Crippen MR) is 101 cm³/mol. The summed E-state index contributed by atoms with van der Waals surface area (Å²) in [5, 5.41) is 36.9. The molecule has 1 aliphatic heterocycles. The van der Waals surface area contributed by atoms with Gasteiger partial charge < -0.3 is 20.4 Å². The molecule has 12 nitrogen and oxygen atoms in total. The van der Waals surface area contributed by atoms with Crippen LogP contribution in [-0.4, -0.2) is 130 Å². The van der Waals surface area contributed by atoms with E-state index >= 15 is 0 Å². The van der Waals surface area contributed by atoms with Gasteiger partial charge in [0.15, 0.2) is 0 Å². The molecule has 1 aliphatic rings. The molecule has 0 amide bonds. The second-order valence-corrected chi connectivity index (χ2v) is 6.85. The number of carboxylic acids is 4. The van der Waals surface area contributed by atoms with Crippen LogP contribution >= 0.6 is 0 Å². The molecule has 0 saturated carbocycles. The minimum atomic E-state index is -1.27. The summed E-state index contributed by atoms with van der Waals surface area (Å²) >= 11 is 0. The Kier molecular flexibility index (Phi) is 10.2. The van der Waals surface area contributed by atoms with Crippen LogP contribution in [0.15, 0.2) is 4.99 Å². The molecule has 0 aromatic rings. The lowest BCUT2D eigenvalue weighted by Crippen LogP contribution is -2.47. The fourth-order valence-electron chi connectivity index (χ4n) is 3.01. The average molecular weight is 416 g/mol. The van der Waals surface area contributed by atoms with Gasteiger partial charge in [0.1, 0.15) is 5.71 Å². The van der Waals surface area contributed by atoms with Gasteiger partial charge in [0.25, 0.3) is 0 Å². The minimum absolute atomic E-state index is 0.127. The highest BCUT2D eigenvalue weighted by Crippen LogP contribution is 2.06. The zero-order valence-corrected chi connectivity index (χ0v) is 16.4. The van der Waals surface area contributed by atoms with E-state index in [9.17, 15) is 24.3 Å². The lowest BCUT2D eigenvalue weighted by molar-refractivity contribution is -0.140. The molecule has 1 rings (SSSR count). The molecule has 0 fully saturated rings. The third-order valence-electron chi connectivity index (χ3n) is 4.44. The standard InChI is InChI=1S/C17H28N4O8/c1-2-12-7-20(10-15(24)25)5-3-19(9-14(22)23)4-6-21(11-16(26)27)8-13(18-12)17(28)29/h12H,2-11H2,1H3,(H,22,23)(H,24,25)(H,26,27)(H,28,29). The van der Waals surface area contributed by atoms with E-state index in [2.05, 4.69) is 4.99 Å². The summed E-state index contributed by atoms with van der Waals surface area (Å²) in [6.45, 7) is 1.64. The van der Waals surface area contributed by atoms with Crippen molar-refractivity contribution < 1.29 is 39.6 Å². The third kappa shape index (κ3) is 9.96. The van der Waals surface area contributed by atoms with Crippen LogP contribution in [0.3, 0.4) is 0 Å². The van der Waals surface area contributed by atoms with E-state index in [0.717, 1.165) is 0 Å². The van der Waals surface area contributed by atoms with Crippen LogP contribution in [0.2, 0.25) is 0 Å². The number of carboxylic acid groups (broad SMARTS) is 4. The zero-order valence-electron chi connectivity index (χ0n) is 16.4. The molecule has 0 saturated heterocycles. The second-order valence-electron chi connectivity index (χ2n) is 6.85. The highest BCUT2D eigenvalue weighted by Gasteiger charge is 2.23. The zero-order chi connectivity index (χ0) is 22.0. The molecule has 164 valence electrons. The van der Waals surface area contributed by atoms with Gasteiger partial charge in [0.2, 0.25) is 0 Å². The Labute approximate surface area is 168 Å². The van der Waals surface area contributed by atoms with Crippen LogP contribution in [0.5, 0.6) is 0 Å². The Bertz CT molecular complexity index is 639. The molecule has 0 spiro atoms. The molecule has 29 heavy (non-hydrogen) atoms. The fourth-order valence-corrected chi connectivity index (χ4v) is 3.01. The molecular weight excluding hydrogens is 388 g/mol. The monoisotopic (exact) mass is 416 g/mol. The first-order valence-corrected chi connectivity index (χ1v) is 9.23. The van der Waals surface area contributed by atoms with Crippen molar-refractivity contribution in [1.82, 2.24) is 14.7 Å². The van der Waals surface area contributed by atoms with E-state index < -0.39 is 36.5 Å². The van der Waals surface area contributed by atoms with Gasteiger partial charge in [0.05, 0.1) is 25.7 Å². The quantitative estimate of drug-likeness (QED) is 0.361. The number of hydrogen-bond donors (Lipinski definition) is 4. The summed E-state index contributed by atoms with van der Waals surface area (Å²) in [5.74, 6) is -4.52. The Morgan fingerprint density at radius 2 is 1.28 bits per heavy atom. The number of aliphatic imine (C=N–C) groups is 1. The summed E-state index contributed by atoms with van der Waals surface area (Å²) in [5.41, 5.74) is -0.210. The van der Waals surface area contributed by atoms with Crippen LogP contribution in [0.25, 0.3) is 0 Å². The SMILES string of the molecule is CCC1CN(CC(=O)O)CCN(CC(=O)O)CCN(CC(=O)O)CC(C(=O)O)=N1. The molecule has 0 bridgehead atoms. The maximum absolute atomic E-state index is 11.6. The van der Waals surface area contributed by atoms with Crippen molar-refractivity contribution in [2.45, 2.75) is 19.4 Å². The maximum Gasteiger partial charge on any atom is 0.351 e. The van der Waals surface area contributed by atoms with Crippen LogP contribution in [-0.2, 0) is 19.2 Å². The van der Waals surface area contributed by atoms with Crippen molar-refractivity contribution >= 4 is 29.6 Å². The van der Waals surface area contributed by atoms with Crippen molar-refractivity contribution in [3.8, 4) is 0 Å². The molecule has 0 aromatic heterocycles. The van der Waals surface area contributed by atoms with E-state index in [4.69, 9.17) is 15.3 Å². The van der Waals surface area contributed by atoms with Crippen LogP contribution in [0.1, 0.15) is 13.3 Å². The summed E-state index contributed by atoms with van der Waals surface area (Å²) in [4.78, 5) is 53.9. The maximum atomic E-state index is 11.6. The van der Waals surface area contributed by atoms with Crippen LogP contribution in [0, 0.1) is 0 Å². The molecule has 1 heterocycles. The molecule has 1 unspecified atom stereocenters. The molecule has 1 atom stereocenters. The number of carbonyl (C=O) groups is 4. The molecule has 4 N–H and O–H groups in total. The average Bonchev–Trinajstić information content (AvgIpc) is 2.59. The molecule has 12 heteroatoms. The Morgan fingerprint density at radius 3 is 1.76 bits per heavy atom. The van der Waals surface area contributed by atoms with Gasteiger partial charge in [-0.15, -0.1) is 0 Å². The number of hydrogen-bond acceptors (Lipinski definition) is 8.